The zero-order valence-electron chi connectivity index (χ0n) is 11.2. The summed E-state index contributed by atoms with van der Waals surface area (Å²) < 4.78 is 0. The highest BCUT2D eigenvalue weighted by Crippen LogP contribution is 2.12. The van der Waals surface area contributed by atoms with Crippen molar-refractivity contribution in [3.05, 3.63) is 62.4 Å². The summed E-state index contributed by atoms with van der Waals surface area (Å²) >= 11 is 0. The monoisotopic (exact) mass is 289 g/mol. The maximum absolute atomic E-state index is 12.0. The van der Waals surface area contributed by atoms with Crippen molar-refractivity contribution in [2.24, 2.45) is 0 Å². The Balaban J connectivity index is 2.15. The fraction of sp³-hybridized carbons (Fsp3) is 0.214. The van der Waals surface area contributed by atoms with Crippen LogP contribution in [-0.2, 0) is 6.42 Å². The smallest absolute Gasteiger partial charge is 0.325 e. The van der Waals surface area contributed by atoms with E-state index >= 15 is 0 Å². The summed E-state index contributed by atoms with van der Waals surface area (Å²) in [6.07, 6.45) is 2.41. The number of amides is 1. The van der Waals surface area contributed by atoms with Gasteiger partial charge in [-0.3, -0.25) is 14.6 Å². The van der Waals surface area contributed by atoms with Crippen LogP contribution in [0, 0.1) is 0 Å². The number of anilines is 1. The van der Waals surface area contributed by atoms with E-state index in [0.29, 0.717) is 18.5 Å². The Morgan fingerprint density at radius 3 is 2.81 bits per heavy atom. The molecule has 1 aromatic carbocycles. The van der Waals surface area contributed by atoms with Crippen LogP contribution in [0.15, 0.2) is 40.1 Å². The van der Waals surface area contributed by atoms with Gasteiger partial charge < -0.3 is 15.4 Å². The molecule has 0 aliphatic heterocycles. The molecule has 4 N–H and O–H groups in total. The van der Waals surface area contributed by atoms with Crippen molar-refractivity contribution < 1.29 is 9.90 Å². The second-order valence-corrected chi connectivity index (χ2v) is 4.47. The molecule has 0 atom stereocenters. The first-order chi connectivity index (χ1) is 10.1. The molecule has 0 radical (unpaired) electrons. The van der Waals surface area contributed by atoms with Crippen molar-refractivity contribution in [3.8, 4) is 0 Å². The first kappa shape index (κ1) is 14.7. The number of rotatable bonds is 5. The quantitative estimate of drug-likeness (QED) is 0.631. The number of aliphatic hydroxyl groups excluding tert-OH is 1. The van der Waals surface area contributed by atoms with Gasteiger partial charge in [-0.15, -0.1) is 0 Å². The first-order valence-corrected chi connectivity index (χ1v) is 6.43. The Kier molecular flexibility index (Phi) is 4.68. The van der Waals surface area contributed by atoms with E-state index in [0.717, 1.165) is 11.8 Å². The molecule has 1 amide bonds. The maximum atomic E-state index is 12.0. The third kappa shape index (κ3) is 3.90. The summed E-state index contributed by atoms with van der Waals surface area (Å²) in [4.78, 5) is 38.6. The third-order valence-electron chi connectivity index (χ3n) is 2.87. The second kappa shape index (κ2) is 6.67. The normalized spacial score (nSPS) is 10.3. The molecule has 0 unspecified atom stereocenters. The molecule has 21 heavy (non-hydrogen) atoms. The van der Waals surface area contributed by atoms with Crippen LogP contribution in [-0.4, -0.2) is 27.6 Å². The van der Waals surface area contributed by atoms with E-state index < -0.39 is 17.2 Å². The Hall–Kier alpha value is -2.67. The maximum Gasteiger partial charge on any atom is 0.325 e. The summed E-state index contributed by atoms with van der Waals surface area (Å²) in [5.74, 6) is -0.605. The number of aromatic amines is 2. The molecule has 1 heterocycles. The predicted molar refractivity (Wildman–Crippen MR) is 77.5 cm³/mol. The van der Waals surface area contributed by atoms with Crippen LogP contribution in [0.1, 0.15) is 22.3 Å². The number of aromatic nitrogens is 2. The molecule has 110 valence electrons. The Labute approximate surface area is 119 Å². The number of carbonyl (C=O) groups excluding carboxylic acids is 1. The number of nitrogens with one attached hydrogen (secondary N) is 3. The van der Waals surface area contributed by atoms with Gasteiger partial charge in [-0.1, -0.05) is 12.1 Å². The number of carbonyl (C=O) groups is 1. The molecular weight excluding hydrogens is 274 g/mol. The minimum absolute atomic E-state index is 0.101. The van der Waals surface area contributed by atoms with Crippen LogP contribution >= 0.6 is 0 Å². The van der Waals surface area contributed by atoms with Crippen molar-refractivity contribution in [1.82, 2.24) is 9.97 Å². The van der Waals surface area contributed by atoms with E-state index in [-0.39, 0.29) is 12.2 Å². The summed E-state index contributed by atoms with van der Waals surface area (Å²) in [6, 6.07) is 7.13. The highest BCUT2D eigenvalue weighted by molar-refractivity contribution is 6.03. The molecule has 0 spiro atoms. The van der Waals surface area contributed by atoms with Crippen LogP contribution in [0.4, 0.5) is 5.69 Å². The van der Waals surface area contributed by atoms with E-state index in [2.05, 4.69) is 10.3 Å². The van der Waals surface area contributed by atoms with E-state index in [4.69, 9.17) is 5.11 Å². The van der Waals surface area contributed by atoms with E-state index in [1.807, 2.05) is 11.1 Å². The highest BCUT2D eigenvalue weighted by atomic mass is 16.3. The SMILES string of the molecule is O=C(Nc1cccc(CCCO)c1)c1c[nH]c(=O)[nH]c1=O. The Morgan fingerprint density at radius 1 is 1.29 bits per heavy atom. The number of benzene rings is 1. The lowest BCUT2D eigenvalue weighted by Crippen LogP contribution is -2.29. The molecule has 1 aromatic heterocycles. The van der Waals surface area contributed by atoms with E-state index in [9.17, 15) is 14.4 Å². The molecule has 7 nitrogen and oxygen atoms in total. The summed E-state index contributed by atoms with van der Waals surface area (Å²) in [5, 5.41) is 11.4. The van der Waals surface area contributed by atoms with E-state index in [1.54, 1.807) is 18.2 Å². The van der Waals surface area contributed by atoms with Crippen LogP contribution in [0.3, 0.4) is 0 Å². The second-order valence-electron chi connectivity index (χ2n) is 4.47. The molecule has 0 aliphatic rings. The number of H-pyrrole nitrogens is 2. The largest absolute Gasteiger partial charge is 0.396 e. The van der Waals surface area contributed by atoms with Gasteiger partial charge in [0.05, 0.1) is 0 Å². The van der Waals surface area contributed by atoms with Crippen LogP contribution in [0.25, 0.3) is 0 Å². The van der Waals surface area contributed by atoms with Crippen LogP contribution in [0.5, 0.6) is 0 Å². The van der Waals surface area contributed by atoms with Gasteiger partial charge in [0.25, 0.3) is 11.5 Å². The van der Waals surface area contributed by atoms with Gasteiger partial charge in [-0.05, 0) is 30.5 Å². The van der Waals surface area contributed by atoms with Crippen molar-refractivity contribution >= 4 is 11.6 Å². The van der Waals surface area contributed by atoms with Gasteiger partial charge in [0.1, 0.15) is 5.56 Å². The summed E-state index contributed by atoms with van der Waals surface area (Å²) in [6.45, 7) is 0.101. The summed E-state index contributed by atoms with van der Waals surface area (Å²) in [7, 11) is 0. The lowest BCUT2D eigenvalue weighted by molar-refractivity contribution is 0.102. The first-order valence-electron chi connectivity index (χ1n) is 6.43. The van der Waals surface area contributed by atoms with Gasteiger partial charge in [-0.25, -0.2) is 4.79 Å². The molecule has 0 saturated heterocycles. The number of aliphatic hydroxyl groups is 1. The Bertz CT molecular complexity index is 748. The van der Waals surface area contributed by atoms with Gasteiger partial charge in [-0.2, -0.15) is 0 Å². The van der Waals surface area contributed by atoms with Crippen LogP contribution < -0.4 is 16.6 Å². The zero-order chi connectivity index (χ0) is 15.2. The van der Waals surface area contributed by atoms with Crippen molar-refractivity contribution in [3.63, 3.8) is 0 Å². The topological polar surface area (TPSA) is 115 Å². The molecule has 7 heteroatoms. The van der Waals surface area contributed by atoms with Gasteiger partial charge in [0.15, 0.2) is 0 Å². The fourth-order valence-corrected chi connectivity index (χ4v) is 1.86. The minimum Gasteiger partial charge on any atom is -0.396 e. The van der Waals surface area contributed by atoms with Gasteiger partial charge >= 0.3 is 5.69 Å². The third-order valence-corrected chi connectivity index (χ3v) is 2.87. The van der Waals surface area contributed by atoms with Crippen LogP contribution in [0.2, 0.25) is 0 Å². The van der Waals surface area contributed by atoms with Crippen molar-refractivity contribution in [2.75, 3.05) is 11.9 Å². The van der Waals surface area contributed by atoms with Crippen molar-refractivity contribution in [1.29, 1.82) is 0 Å². The standard InChI is InChI=1S/C14H15N3O4/c18-6-2-4-9-3-1-5-10(7-9)16-12(19)11-8-15-14(21)17-13(11)20/h1,3,5,7-8,18H,2,4,6H2,(H,16,19)(H2,15,17,20,21). The number of aryl methyl sites for hydroxylation is 1. The molecule has 0 bridgehead atoms. The summed E-state index contributed by atoms with van der Waals surface area (Å²) in [5.41, 5.74) is -0.0659. The van der Waals surface area contributed by atoms with E-state index in [1.165, 1.54) is 0 Å². The predicted octanol–water partition coefficient (Wildman–Crippen LogP) is 0.240. The zero-order valence-corrected chi connectivity index (χ0v) is 11.2. The van der Waals surface area contributed by atoms with Gasteiger partial charge in [0.2, 0.25) is 0 Å². The van der Waals surface area contributed by atoms with Gasteiger partial charge in [0, 0.05) is 18.5 Å². The highest BCUT2D eigenvalue weighted by Gasteiger charge is 2.11. The average Bonchev–Trinajstić information content (AvgIpc) is 2.45. The molecular formula is C14H15N3O4. The lowest BCUT2D eigenvalue weighted by atomic mass is 10.1. The Morgan fingerprint density at radius 2 is 2.10 bits per heavy atom. The lowest BCUT2D eigenvalue weighted by Gasteiger charge is -2.06. The molecule has 0 fully saturated rings. The number of hydrogen-bond acceptors (Lipinski definition) is 4. The molecule has 0 aliphatic carbocycles. The van der Waals surface area contributed by atoms with Crippen molar-refractivity contribution in [2.45, 2.75) is 12.8 Å². The number of hydrogen-bond donors (Lipinski definition) is 4. The fourth-order valence-electron chi connectivity index (χ4n) is 1.86. The average molecular weight is 289 g/mol. The minimum atomic E-state index is -0.743. The molecule has 2 rings (SSSR count). The molecule has 0 saturated carbocycles. The molecule has 2 aromatic rings.